The van der Waals surface area contributed by atoms with E-state index >= 15 is 0 Å². The monoisotopic (exact) mass is 420 g/mol. The Balaban J connectivity index is 1.58. The first kappa shape index (κ1) is 20.0. The summed E-state index contributed by atoms with van der Waals surface area (Å²) in [6.07, 6.45) is 0.659. The molecule has 0 fully saturated rings. The van der Waals surface area contributed by atoms with Gasteiger partial charge in [0.05, 0.1) is 24.6 Å². The lowest BCUT2D eigenvalue weighted by atomic mass is 10.1. The predicted molar refractivity (Wildman–Crippen MR) is 120 cm³/mol. The van der Waals surface area contributed by atoms with Crippen LogP contribution in [-0.4, -0.2) is 23.3 Å². The van der Waals surface area contributed by atoms with Crippen molar-refractivity contribution in [1.29, 1.82) is 0 Å². The van der Waals surface area contributed by atoms with E-state index in [1.54, 1.807) is 29.9 Å². The van der Waals surface area contributed by atoms with Crippen molar-refractivity contribution in [1.82, 2.24) is 9.55 Å². The molecule has 0 atom stereocenters. The second-order valence-electron chi connectivity index (χ2n) is 6.79. The van der Waals surface area contributed by atoms with Crippen LogP contribution in [0.1, 0.15) is 6.42 Å². The first-order valence-corrected chi connectivity index (χ1v) is 10.1. The maximum atomic E-state index is 13.2. The zero-order chi connectivity index (χ0) is 20.9. The lowest BCUT2D eigenvalue weighted by Gasteiger charge is -2.14. The second kappa shape index (κ2) is 9.01. The van der Waals surface area contributed by atoms with Crippen LogP contribution >= 0.6 is 11.6 Å². The fraction of sp³-hybridized carbons (Fsp3) is 0.167. The topological polar surface area (TPSA) is 53.4 Å². The Kier molecular flexibility index (Phi) is 6.00. The van der Waals surface area contributed by atoms with Crippen molar-refractivity contribution in [3.05, 3.63) is 88.2 Å². The molecule has 0 spiro atoms. The van der Waals surface area contributed by atoms with Gasteiger partial charge in [-0.25, -0.2) is 4.98 Å². The number of benzene rings is 3. The van der Waals surface area contributed by atoms with Crippen LogP contribution in [0.2, 0.25) is 5.02 Å². The molecule has 4 aromatic rings. The molecule has 0 aliphatic rings. The predicted octanol–water partition coefficient (Wildman–Crippen LogP) is 5.19. The molecule has 4 rings (SSSR count). The van der Waals surface area contributed by atoms with E-state index in [4.69, 9.17) is 26.1 Å². The summed E-state index contributed by atoms with van der Waals surface area (Å²) >= 11 is 6.03. The van der Waals surface area contributed by atoms with E-state index in [9.17, 15) is 4.79 Å². The largest absolute Gasteiger partial charge is 0.497 e. The van der Waals surface area contributed by atoms with E-state index in [-0.39, 0.29) is 5.56 Å². The molecule has 3 aromatic carbocycles. The van der Waals surface area contributed by atoms with Crippen LogP contribution in [0, 0.1) is 0 Å². The average Bonchev–Trinajstić information content (AvgIpc) is 2.79. The van der Waals surface area contributed by atoms with Gasteiger partial charge in [0.1, 0.15) is 17.3 Å². The summed E-state index contributed by atoms with van der Waals surface area (Å²) in [6.45, 7) is 0.969. The number of ether oxygens (including phenoxy) is 2. The smallest absolute Gasteiger partial charge is 0.261 e. The molecule has 0 amide bonds. The van der Waals surface area contributed by atoms with Crippen LogP contribution in [0.3, 0.4) is 0 Å². The van der Waals surface area contributed by atoms with Gasteiger partial charge in [-0.1, -0.05) is 23.7 Å². The van der Waals surface area contributed by atoms with E-state index in [1.165, 1.54) is 0 Å². The maximum absolute atomic E-state index is 13.2. The first-order chi connectivity index (χ1) is 14.7. The van der Waals surface area contributed by atoms with E-state index in [0.29, 0.717) is 41.3 Å². The number of hydrogen-bond acceptors (Lipinski definition) is 4. The first-order valence-electron chi connectivity index (χ1n) is 9.68. The Labute approximate surface area is 179 Å². The molecule has 30 heavy (non-hydrogen) atoms. The molecule has 0 radical (unpaired) electrons. The van der Waals surface area contributed by atoms with Crippen molar-refractivity contribution in [2.75, 3.05) is 13.7 Å². The molecule has 0 saturated carbocycles. The summed E-state index contributed by atoms with van der Waals surface area (Å²) < 4.78 is 12.7. The highest BCUT2D eigenvalue weighted by molar-refractivity contribution is 6.30. The maximum Gasteiger partial charge on any atom is 0.261 e. The number of rotatable bonds is 7. The number of hydrogen-bond donors (Lipinski definition) is 0. The van der Waals surface area contributed by atoms with E-state index in [2.05, 4.69) is 0 Å². The summed E-state index contributed by atoms with van der Waals surface area (Å²) in [4.78, 5) is 17.9. The Morgan fingerprint density at radius 1 is 0.933 bits per heavy atom. The second-order valence-corrected chi connectivity index (χ2v) is 7.23. The quantitative estimate of drug-likeness (QED) is 0.386. The van der Waals surface area contributed by atoms with Crippen LogP contribution in [0.15, 0.2) is 77.6 Å². The third-order valence-corrected chi connectivity index (χ3v) is 5.07. The molecule has 0 N–H and O–H groups in total. The van der Waals surface area contributed by atoms with Gasteiger partial charge < -0.3 is 9.47 Å². The Morgan fingerprint density at radius 2 is 1.63 bits per heavy atom. The molecule has 5 nitrogen and oxygen atoms in total. The number of para-hydroxylation sites is 1. The molecule has 152 valence electrons. The molecule has 1 aromatic heterocycles. The zero-order valence-electron chi connectivity index (χ0n) is 16.5. The fourth-order valence-corrected chi connectivity index (χ4v) is 3.41. The Bertz CT molecular complexity index is 1200. The van der Waals surface area contributed by atoms with Crippen LogP contribution in [0.25, 0.3) is 22.3 Å². The minimum absolute atomic E-state index is 0.0602. The van der Waals surface area contributed by atoms with Gasteiger partial charge in [0.15, 0.2) is 0 Å². The molecule has 6 heteroatoms. The van der Waals surface area contributed by atoms with Crippen molar-refractivity contribution < 1.29 is 9.47 Å². The highest BCUT2D eigenvalue weighted by atomic mass is 35.5. The summed E-state index contributed by atoms with van der Waals surface area (Å²) in [7, 11) is 1.63. The summed E-state index contributed by atoms with van der Waals surface area (Å²) in [5.74, 6) is 2.17. The highest BCUT2D eigenvalue weighted by Crippen LogP contribution is 2.22. The molecule has 0 aliphatic heterocycles. The number of nitrogens with zero attached hydrogens (tertiary/aromatic N) is 2. The standard InChI is InChI=1S/C24H21ClN2O3/c1-29-19-11-13-20(14-12-19)30-16-4-15-27-23(17-7-9-18(25)10-8-17)26-22-6-3-2-5-21(22)24(27)28/h2-3,5-14H,4,15-16H2,1H3. The Morgan fingerprint density at radius 3 is 2.37 bits per heavy atom. The van der Waals surface area contributed by atoms with Gasteiger partial charge in [-0.3, -0.25) is 9.36 Å². The lowest BCUT2D eigenvalue weighted by Crippen LogP contribution is -2.24. The van der Waals surface area contributed by atoms with Gasteiger partial charge >= 0.3 is 0 Å². The van der Waals surface area contributed by atoms with Gasteiger partial charge in [0, 0.05) is 17.1 Å². The fourth-order valence-electron chi connectivity index (χ4n) is 3.28. The molecule has 1 heterocycles. The van der Waals surface area contributed by atoms with E-state index in [0.717, 1.165) is 17.1 Å². The molecule has 0 aliphatic carbocycles. The van der Waals surface area contributed by atoms with Crippen molar-refractivity contribution in [3.63, 3.8) is 0 Å². The van der Waals surface area contributed by atoms with E-state index in [1.807, 2.05) is 54.6 Å². The van der Waals surface area contributed by atoms with Crippen LogP contribution in [0.4, 0.5) is 0 Å². The van der Waals surface area contributed by atoms with Crippen molar-refractivity contribution >= 4 is 22.5 Å². The van der Waals surface area contributed by atoms with Crippen molar-refractivity contribution in [3.8, 4) is 22.9 Å². The van der Waals surface area contributed by atoms with Gasteiger partial charge in [-0.05, 0) is 67.1 Å². The molecule has 0 saturated heterocycles. The normalized spacial score (nSPS) is 10.9. The SMILES string of the molecule is COc1ccc(OCCCn2c(-c3ccc(Cl)cc3)nc3ccccc3c2=O)cc1. The average molecular weight is 421 g/mol. The Hall–Kier alpha value is -3.31. The molecular formula is C24H21ClN2O3. The van der Waals surface area contributed by atoms with Gasteiger partial charge in [-0.2, -0.15) is 0 Å². The number of fused-ring (bicyclic) bond motifs is 1. The number of methoxy groups -OCH3 is 1. The van der Waals surface area contributed by atoms with Crippen LogP contribution in [-0.2, 0) is 6.54 Å². The third kappa shape index (κ3) is 4.31. The summed E-state index contributed by atoms with van der Waals surface area (Å²) in [5, 5.41) is 1.24. The van der Waals surface area contributed by atoms with Crippen molar-refractivity contribution in [2.45, 2.75) is 13.0 Å². The van der Waals surface area contributed by atoms with Crippen LogP contribution in [0.5, 0.6) is 11.5 Å². The minimum Gasteiger partial charge on any atom is -0.497 e. The van der Waals surface area contributed by atoms with Crippen LogP contribution < -0.4 is 15.0 Å². The van der Waals surface area contributed by atoms with E-state index < -0.39 is 0 Å². The zero-order valence-corrected chi connectivity index (χ0v) is 17.3. The number of aromatic nitrogens is 2. The van der Waals surface area contributed by atoms with Gasteiger partial charge in [-0.15, -0.1) is 0 Å². The highest BCUT2D eigenvalue weighted by Gasteiger charge is 2.12. The van der Waals surface area contributed by atoms with Gasteiger partial charge in [0.25, 0.3) is 5.56 Å². The number of halogens is 1. The summed E-state index contributed by atoms with van der Waals surface area (Å²) in [6, 6.07) is 22.2. The molecule has 0 bridgehead atoms. The minimum atomic E-state index is -0.0602. The lowest BCUT2D eigenvalue weighted by molar-refractivity contribution is 0.300. The molecule has 0 unspecified atom stereocenters. The van der Waals surface area contributed by atoms with Gasteiger partial charge in [0.2, 0.25) is 0 Å². The summed E-state index contributed by atoms with van der Waals surface area (Å²) in [5.41, 5.74) is 1.46. The molecular weight excluding hydrogens is 400 g/mol. The van der Waals surface area contributed by atoms with Crippen molar-refractivity contribution in [2.24, 2.45) is 0 Å². The third-order valence-electron chi connectivity index (χ3n) is 4.82.